The number of amides is 1. The molecule has 1 aliphatic heterocycles. The van der Waals surface area contributed by atoms with Gasteiger partial charge in [0.2, 0.25) is 0 Å². The second-order valence-corrected chi connectivity index (χ2v) is 6.84. The molecule has 5 nitrogen and oxygen atoms in total. The molecule has 0 unspecified atom stereocenters. The van der Waals surface area contributed by atoms with E-state index in [1.807, 2.05) is 24.3 Å². The SMILES string of the molecule is O=C1NC(=Nc2cccc(C(=O)O)c2)S/C1=C\c1cccc(Br)c1. The maximum Gasteiger partial charge on any atom is 0.335 e. The van der Waals surface area contributed by atoms with Crippen LogP contribution in [-0.4, -0.2) is 22.2 Å². The van der Waals surface area contributed by atoms with E-state index in [4.69, 9.17) is 5.11 Å². The number of aromatic carboxylic acids is 1. The summed E-state index contributed by atoms with van der Waals surface area (Å²) in [5, 5.41) is 12.1. The van der Waals surface area contributed by atoms with Crippen LogP contribution < -0.4 is 5.32 Å². The number of carbonyl (C=O) groups excluding carboxylic acids is 1. The Morgan fingerprint density at radius 3 is 2.75 bits per heavy atom. The molecule has 0 saturated carbocycles. The molecule has 0 aromatic heterocycles. The van der Waals surface area contributed by atoms with Crippen LogP contribution in [-0.2, 0) is 4.79 Å². The standard InChI is InChI=1S/C17H11BrN2O3S/c18-12-5-1-3-10(7-12)8-14-15(21)20-17(24-14)19-13-6-2-4-11(9-13)16(22)23/h1-9H,(H,22,23)(H,19,20,21)/b14-8-. The lowest BCUT2D eigenvalue weighted by Gasteiger charge is -1.98. The Morgan fingerprint density at radius 1 is 1.21 bits per heavy atom. The topological polar surface area (TPSA) is 78.8 Å². The average Bonchev–Trinajstić information content (AvgIpc) is 2.87. The first-order valence-corrected chi connectivity index (χ1v) is 8.51. The number of thioether (sulfide) groups is 1. The fraction of sp³-hybridized carbons (Fsp3) is 0. The lowest BCUT2D eigenvalue weighted by molar-refractivity contribution is -0.115. The van der Waals surface area contributed by atoms with Crippen molar-refractivity contribution in [2.24, 2.45) is 4.99 Å². The summed E-state index contributed by atoms with van der Waals surface area (Å²) in [6.07, 6.45) is 1.78. The molecule has 0 spiro atoms. The van der Waals surface area contributed by atoms with Crippen molar-refractivity contribution in [3.05, 3.63) is 69.0 Å². The summed E-state index contributed by atoms with van der Waals surface area (Å²) in [4.78, 5) is 27.9. The molecule has 3 rings (SSSR count). The van der Waals surface area contributed by atoms with Gasteiger partial charge in [0.15, 0.2) is 5.17 Å². The van der Waals surface area contributed by atoms with E-state index in [0.717, 1.165) is 10.0 Å². The Labute approximate surface area is 150 Å². The smallest absolute Gasteiger partial charge is 0.335 e. The second-order valence-electron chi connectivity index (χ2n) is 4.89. The summed E-state index contributed by atoms with van der Waals surface area (Å²) in [6, 6.07) is 13.9. The van der Waals surface area contributed by atoms with Crippen molar-refractivity contribution in [1.29, 1.82) is 0 Å². The minimum atomic E-state index is -1.02. The number of hydrogen-bond donors (Lipinski definition) is 2. The zero-order chi connectivity index (χ0) is 17.1. The van der Waals surface area contributed by atoms with Gasteiger partial charge in [0, 0.05) is 4.47 Å². The summed E-state index contributed by atoms with van der Waals surface area (Å²) in [7, 11) is 0. The molecular weight excluding hydrogens is 392 g/mol. The second kappa shape index (κ2) is 7.02. The lowest BCUT2D eigenvalue weighted by atomic mass is 10.2. The van der Waals surface area contributed by atoms with Crippen LogP contribution in [0.25, 0.3) is 6.08 Å². The zero-order valence-corrected chi connectivity index (χ0v) is 14.6. The van der Waals surface area contributed by atoms with E-state index in [1.54, 1.807) is 18.2 Å². The molecule has 24 heavy (non-hydrogen) atoms. The Morgan fingerprint density at radius 2 is 2.00 bits per heavy atom. The Hall–Kier alpha value is -2.38. The minimum Gasteiger partial charge on any atom is -0.478 e. The first kappa shape index (κ1) is 16.5. The van der Waals surface area contributed by atoms with Crippen LogP contribution in [0.4, 0.5) is 5.69 Å². The molecule has 2 aromatic carbocycles. The number of aliphatic imine (C=N–C) groups is 1. The first-order chi connectivity index (χ1) is 11.5. The van der Waals surface area contributed by atoms with Gasteiger partial charge in [-0.2, -0.15) is 0 Å². The van der Waals surface area contributed by atoms with Gasteiger partial charge >= 0.3 is 5.97 Å². The third-order valence-corrected chi connectivity index (χ3v) is 4.52. The summed E-state index contributed by atoms with van der Waals surface area (Å²) in [5.41, 5.74) is 1.52. The van der Waals surface area contributed by atoms with Crippen LogP contribution in [0, 0.1) is 0 Å². The summed E-state index contributed by atoms with van der Waals surface area (Å²) in [6.45, 7) is 0. The number of carboxylic acid groups (broad SMARTS) is 1. The van der Waals surface area contributed by atoms with E-state index in [2.05, 4.69) is 26.2 Å². The van der Waals surface area contributed by atoms with Crippen molar-refractivity contribution >= 4 is 56.5 Å². The van der Waals surface area contributed by atoms with Gasteiger partial charge in [-0.15, -0.1) is 0 Å². The molecule has 120 valence electrons. The Kier molecular flexibility index (Phi) is 4.82. The number of benzene rings is 2. The van der Waals surface area contributed by atoms with E-state index >= 15 is 0 Å². The van der Waals surface area contributed by atoms with Gasteiger partial charge < -0.3 is 10.4 Å². The van der Waals surface area contributed by atoms with Gasteiger partial charge in [-0.25, -0.2) is 9.79 Å². The highest BCUT2D eigenvalue weighted by molar-refractivity contribution is 9.10. The third-order valence-electron chi connectivity index (χ3n) is 3.12. The Bertz CT molecular complexity index is 893. The van der Waals surface area contributed by atoms with Crippen LogP contribution in [0.15, 0.2) is 62.9 Å². The molecule has 1 heterocycles. The summed E-state index contributed by atoms with van der Waals surface area (Å²) < 4.78 is 0.930. The summed E-state index contributed by atoms with van der Waals surface area (Å²) >= 11 is 4.61. The van der Waals surface area contributed by atoms with E-state index in [-0.39, 0.29) is 11.5 Å². The molecule has 0 atom stereocenters. The number of nitrogens with one attached hydrogen (secondary N) is 1. The van der Waals surface area contributed by atoms with Crippen LogP contribution in [0.1, 0.15) is 15.9 Å². The van der Waals surface area contributed by atoms with E-state index in [1.165, 1.54) is 23.9 Å². The van der Waals surface area contributed by atoms with E-state index < -0.39 is 5.97 Å². The average molecular weight is 403 g/mol. The molecule has 1 aliphatic rings. The van der Waals surface area contributed by atoms with Crippen molar-refractivity contribution in [2.75, 3.05) is 0 Å². The maximum atomic E-state index is 12.1. The monoisotopic (exact) mass is 402 g/mol. The Balaban J connectivity index is 1.84. The van der Waals surface area contributed by atoms with Crippen molar-refractivity contribution in [2.45, 2.75) is 0 Å². The van der Waals surface area contributed by atoms with Crippen molar-refractivity contribution in [3.8, 4) is 0 Å². The van der Waals surface area contributed by atoms with Crippen molar-refractivity contribution < 1.29 is 14.7 Å². The predicted molar refractivity (Wildman–Crippen MR) is 98.3 cm³/mol. The van der Waals surface area contributed by atoms with Gasteiger partial charge in [0.25, 0.3) is 5.91 Å². The largest absolute Gasteiger partial charge is 0.478 e. The quantitative estimate of drug-likeness (QED) is 0.759. The normalized spacial score (nSPS) is 17.3. The molecule has 2 aromatic rings. The van der Waals surface area contributed by atoms with Crippen LogP contribution in [0.3, 0.4) is 0 Å². The highest BCUT2D eigenvalue weighted by Gasteiger charge is 2.23. The van der Waals surface area contributed by atoms with Crippen LogP contribution >= 0.6 is 27.7 Å². The van der Waals surface area contributed by atoms with Gasteiger partial charge in [-0.3, -0.25) is 4.79 Å². The molecule has 1 saturated heterocycles. The molecule has 1 fully saturated rings. The van der Waals surface area contributed by atoms with Crippen LogP contribution in [0.5, 0.6) is 0 Å². The van der Waals surface area contributed by atoms with Gasteiger partial charge in [-0.1, -0.05) is 34.1 Å². The highest BCUT2D eigenvalue weighted by atomic mass is 79.9. The number of carbonyl (C=O) groups is 2. The number of halogens is 1. The van der Waals surface area contributed by atoms with E-state index in [9.17, 15) is 9.59 Å². The number of nitrogens with zero attached hydrogens (tertiary/aromatic N) is 1. The number of carboxylic acids is 1. The predicted octanol–water partition coefficient (Wildman–Crippen LogP) is 4.04. The molecule has 0 aliphatic carbocycles. The highest BCUT2D eigenvalue weighted by Crippen LogP contribution is 2.28. The number of hydrogen-bond acceptors (Lipinski definition) is 4. The zero-order valence-electron chi connectivity index (χ0n) is 12.2. The van der Waals surface area contributed by atoms with Crippen molar-refractivity contribution in [3.63, 3.8) is 0 Å². The summed E-state index contributed by atoms with van der Waals surface area (Å²) in [5.74, 6) is -1.25. The molecule has 1 amide bonds. The molecule has 7 heteroatoms. The van der Waals surface area contributed by atoms with Gasteiger partial charge in [0.1, 0.15) is 0 Å². The minimum absolute atomic E-state index is 0.149. The fourth-order valence-corrected chi connectivity index (χ4v) is 3.31. The van der Waals surface area contributed by atoms with E-state index in [0.29, 0.717) is 15.8 Å². The van der Waals surface area contributed by atoms with Gasteiger partial charge in [0.05, 0.1) is 16.2 Å². The first-order valence-electron chi connectivity index (χ1n) is 6.90. The van der Waals surface area contributed by atoms with Crippen molar-refractivity contribution in [1.82, 2.24) is 5.32 Å². The molecule has 2 N–H and O–H groups in total. The lowest BCUT2D eigenvalue weighted by Crippen LogP contribution is -2.19. The van der Waals surface area contributed by atoms with Gasteiger partial charge in [-0.05, 0) is 53.7 Å². The molecule has 0 bridgehead atoms. The molecular formula is C17H11BrN2O3S. The van der Waals surface area contributed by atoms with Crippen LogP contribution in [0.2, 0.25) is 0 Å². The number of amidine groups is 1. The molecule has 0 radical (unpaired) electrons. The number of rotatable bonds is 3. The fourth-order valence-electron chi connectivity index (χ4n) is 2.05. The third kappa shape index (κ3) is 3.93. The maximum absolute atomic E-state index is 12.1.